The average Bonchev–Trinajstić information content (AvgIpc) is 3.11. The Morgan fingerprint density at radius 3 is 2.72 bits per heavy atom. The van der Waals surface area contributed by atoms with Crippen molar-refractivity contribution >= 4 is 5.97 Å². The highest BCUT2D eigenvalue weighted by molar-refractivity contribution is 5.69. The van der Waals surface area contributed by atoms with E-state index in [9.17, 15) is 4.79 Å². The molecule has 2 heteroatoms. The Balaban J connectivity index is 1.46. The van der Waals surface area contributed by atoms with Crippen molar-refractivity contribution < 1.29 is 9.53 Å². The predicted octanol–water partition coefficient (Wildman–Crippen LogP) is 3.03. The predicted molar refractivity (Wildman–Crippen MR) is 68.7 cm³/mol. The molecule has 3 saturated carbocycles. The Morgan fingerprint density at radius 1 is 1.17 bits per heavy atom. The number of hydrogen-bond donors (Lipinski definition) is 0. The highest BCUT2D eigenvalue weighted by atomic mass is 16.5. The van der Waals surface area contributed by atoms with E-state index in [1.165, 1.54) is 26.4 Å². The second-order valence-corrected chi connectivity index (χ2v) is 6.87. The summed E-state index contributed by atoms with van der Waals surface area (Å²) >= 11 is 0. The van der Waals surface area contributed by atoms with Crippen LogP contribution in [-0.4, -0.2) is 13.1 Å². The van der Waals surface area contributed by atoms with Gasteiger partial charge in [0.15, 0.2) is 0 Å². The summed E-state index contributed by atoms with van der Waals surface area (Å²) in [5, 5.41) is 0. The van der Waals surface area contributed by atoms with Gasteiger partial charge in [-0.3, -0.25) is 4.79 Å². The van der Waals surface area contributed by atoms with Crippen molar-refractivity contribution in [2.75, 3.05) is 7.11 Å². The van der Waals surface area contributed by atoms with Crippen LogP contribution in [0.2, 0.25) is 0 Å². The molecule has 18 heavy (non-hydrogen) atoms. The third kappa shape index (κ3) is 1.38. The number of esters is 1. The van der Waals surface area contributed by atoms with Gasteiger partial charge in [0.2, 0.25) is 0 Å². The Kier molecular flexibility index (Phi) is 2.37. The first-order valence-electron chi connectivity index (χ1n) is 7.53. The molecule has 0 N–H and O–H groups in total. The van der Waals surface area contributed by atoms with Crippen LogP contribution in [0.1, 0.15) is 32.1 Å². The first-order valence-corrected chi connectivity index (χ1v) is 7.53. The number of fused-ring (bicyclic) bond motifs is 9. The fourth-order valence-electron chi connectivity index (χ4n) is 5.89. The van der Waals surface area contributed by atoms with E-state index in [-0.39, 0.29) is 5.97 Å². The summed E-state index contributed by atoms with van der Waals surface area (Å²) in [5.41, 5.74) is 0. The van der Waals surface area contributed by atoms with E-state index in [0.29, 0.717) is 6.42 Å². The van der Waals surface area contributed by atoms with E-state index in [4.69, 9.17) is 4.74 Å². The van der Waals surface area contributed by atoms with Crippen molar-refractivity contribution in [3.05, 3.63) is 12.2 Å². The molecule has 0 radical (unpaired) electrons. The van der Waals surface area contributed by atoms with Gasteiger partial charge in [-0.15, -0.1) is 0 Å². The van der Waals surface area contributed by atoms with Crippen molar-refractivity contribution in [1.82, 2.24) is 0 Å². The highest BCUT2D eigenvalue weighted by Crippen LogP contribution is 2.67. The Labute approximate surface area is 109 Å². The molecule has 0 aliphatic heterocycles. The summed E-state index contributed by atoms with van der Waals surface area (Å²) in [4.78, 5) is 11.3. The van der Waals surface area contributed by atoms with Gasteiger partial charge in [-0.25, -0.2) is 0 Å². The molecule has 98 valence electrons. The van der Waals surface area contributed by atoms with Gasteiger partial charge in [-0.2, -0.15) is 0 Å². The lowest BCUT2D eigenvalue weighted by molar-refractivity contribution is -0.141. The maximum Gasteiger partial charge on any atom is 0.305 e. The van der Waals surface area contributed by atoms with Crippen molar-refractivity contribution in [3.63, 3.8) is 0 Å². The van der Waals surface area contributed by atoms with E-state index < -0.39 is 0 Å². The molecule has 7 unspecified atom stereocenters. The van der Waals surface area contributed by atoms with Crippen LogP contribution >= 0.6 is 0 Å². The van der Waals surface area contributed by atoms with Crippen molar-refractivity contribution in [2.24, 2.45) is 41.4 Å². The molecular formula is C16H22O2. The first-order chi connectivity index (χ1) is 8.78. The summed E-state index contributed by atoms with van der Waals surface area (Å²) in [6.45, 7) is 0. The number of carbonyl (C=O) groups is 1. The average molecular weight is 246 g/mol. The topological polar surface area (TPSA) is 26.3 Å². The van der Waals surface area contributed by atoms with E-state index in [0.717, 1.165) is 47.8 Å². The third-order valence-corrected chi connectivity index (χ3v) is 6.35. The molecule has 3 fully saturated rings. The molecule has 4 bridgehead atoms. The van der Waals surface area contributed by atoms with Crippen LogP contribution in [-0.2, 0) is 9.53 Å². The smallest absolute Gasteiger partial charge is 0.305 e. The monoisotopic (exact) mass is 246 g/mol. The summed E-state index contributed by atoms with van der Waals surface area (Å²) < 4.78 is 4.78. The molecule has 4 aliphatic carbocycles. The number of ether oxygens (including phenoxy) is 1. The number of hydrogen-bond acceptors (Lipinski definition) is 2. The minimum atomic E-state index is -0.0258. The molecule has 4 aliphatic rings. The van der Waals surface area contributed by atoms with Crippen LogP contribution in [0.15, 0.2) is 12.2 Å². The van der Waals surface area contributed by atoms with Crippen LogP contribution in [0.3, 0.4) is 0 Å². The summed E-state index contributed by atoms with van der Waals surface area (Å²) in [7, 11) is 1.50. The van der Waals surface area contributed by atoms with Gasteiger partial charge in [-0.05, 0) is 67.1 Å². The largest absolute Gasteiger partial charge is 0.469 e. The molecule has 0 saturated heterocycles. The summed E-state index contributed by atoms with van der Waals surface area (Å²) in [5.74, 6) is 6.46. The zero-order valence-corrected chi connectivity index (χ0v) is 11.0. The van der Waals surface area contributed by atoms with E-state index in [1.807, 2.05) is 0 Å². The first kappa shape index (κ1) is 11.1. The lowest BCUT2D eigenvalue weighted by Crippen LogP contribution is -2.31. The van der Waals surface area contributed by atoms with Gasteiger partial charge in [0, 0.05) is 6.42 Å². The summed E-state index contributed by atoms with van der Waals surface area (Å²) in [6.07, 6.45) is 11.0. The second kappa shape index (κ2) is 3.85. The van der Waals surface area contributed by atoms with Gasteiger partial charge >= 0.3 is 5.97 Å². The fraction of sp³-hybridized carbons (Fsp3) is 0.812. The van der Waals surface area contributed by atoms with Crippen LogP contribution < -0.4 is 0 Å². The SMILES string of the molecule is COC(=O)CCC1CC2CC1C1C3C=CC(C3)C21. The molecule has 7 atom stereocenters. The molecule has 4 rings (SSSR count). The van der Waals surface area contributed by atoms with Gasteiger partial charge < -0.3 is 4.74 Å². The van der Waals surface area contributed by atoms with Gasteiger partial charge in [0.25, 0.3) is 0 Å². The molecule has 0 aromatic rings. The molecule has 0 heterocycles. The fourth-order valence-corrected chi connectivity index (χ4v) is 5.89. The van der Waals surface area contributed by atoms with Crippen LogP contribution in [0, 0.1) is 41.4 Å². The van der Waals surface area contributed by atoms with Crippen LogP contribution in [0.25, 0.3) is 0 Å². The third-order valence-electron chi connectivity index (χ3n) is 6.35. The maximum atomic E-state index is 11.3. The lowest BCUT2D eigenvalue weighted by atomic mass is 9.68. The van der Waals surface area contributed by atoms with E-state index in [2.05, 4.69) is 12.2 Å². The zero-order valence-electron chi connectivity index (χ0n) is 11.0. The van der Waals surface area contributed by atoms with Crippen LogP contribution in [0.4, 0.5) is 0 Å². The normalized spacial score (nSPS) is 50.8. The standard InChI is InChI=1S/C16H22O2/c1-18-14(17)5-4-9-6-12-8-13(9)16-11-3-2-10(7-11)15(12)16/h2-3,9-13,15-16H,4-8H2,1H3. The van der Waals surface area contributed by atoms with Gasteiger partial charge in [-0.1, -0.05) is 12.2 Å². The number of allylic oxidation sites excluding steroid dienone is 2. The van der Waals surface area contributed by atoms with Gasteiger partial charge in [0.05, 0.1) is 7.11 Å². The Hall–Kier alpha value is -0.790. The minimum Gasteiger partial charge on any atom is -0.469 e. The molecular weight excluding hydrogens is 224 g/mol. The summed E-state index contributed by atoms with van der Waals surface area (Å²) in [6, 6.07) is 0. The zero-order chi connectivity index (χ0) is 12.3. The quantitative estimate of drug-likeness (QED) is 0.434. The highest BCUT2D eigenvalue weighted by Gasteiger charge is 2.60. The Morgan fingerprint density at radius 2 is 1.94 bits per heavy atom. The lowest BCUT2D eigenvalue weighted by Gasteiger charge is -2.36. The number of carbonyl (C=O) groups excluding carboxylic acids is 1. The van der Waals surface area contributed by atoms with Crippen molar-refractivity contribution in [3.8, 4) is 0 Å². The Bertz CT molecular complexity index is 400. The van der Waals surface area contributed by atoms with E-state index in [1.54, 1.807) is 0 Å². The number of rotatable bonds is 3. The van der Waals surface area contributed by atoms with Crippen LogP contribution in [0.5, 0.6) is 0 Å². The van der Waals surface area contributed by atoms with Gasteiger partial charge in [0.1, 0.15) is 0 Å². The molecule has 0 aromatic carbocycles. The van der Waals surface area contributed by atoms with Crippen molar-refractivity contribution in [2.45, 2.75) is 32.1 Å². The second-order valence-electron chi connectivity index (χ2n) is 6.87. The maximum absolute atomic E-state index is 11.3. The number of methoxy groups -OCH3 is 1. The molecule has 0 aromatic heterocycles. The minimum absolute atomic E-state index is 0.0258. The molecule has 2 nitrogen and oxygen atoms in total. The van der Waals surface area contributed by atoms with E-state index >= 15 is 0 Å². The molecule has 0 amide bonds. The van der Waals surface area contributed by atoms with Crippen molar-refractivity contribution in [1.29, 1.82) is 0 Å². The molecule has 0 spiro atoms.